The molecule has 1 amide bonds. The molecule has 1 N–H and O–H groups in total. The molecule has 1 aromatic heterocycles. The minimum absolute atomic E-state index is 0.293. The Balaban J connectivity index is 1.73. The first-order valence-electron chi connectivity index (χ1n) is 10.4. The number of para-hydroxylation sites is 1. The van der Waals surface area contributed by atoms with Gasteiger partial charge in [-0.2, -0.15) is 5.10 Å². The second kappa shape index (κ2) is 10.2. The van der Waals surface area contributed by atoms with Crippen LogP contribution in [0.25, 0.3) is 22.2 Å². The van der Waals surface area contributed by atoms with Crippen molar-refractivity contribution in [2.24, 2.45) is 5.10 Å². The first-order valence-corrected chi connectivity index (χ1v) is 10.4. The summed E-state index contributed by atoms with van der Waals surface area (Å²) in [6, 6.07) is 15.6. The Labute approximate surface area is 200 Å². The molecule has 3 aromatic carbocycles. The Hall–Kier alpha value is -4.53. The van der Waals surface area contributed by atoms with E-state index >= 15 is 0 Å². The monoisotopic (exact) mass is 477 g/mol. The van der Waals surface area contributed by atoms with Crippen LogP contribution in [0.15, 0.2) is 65.8 Å². The highest BCUT2D eigenvalue weighted by Crippen LogP contribution is 2.41. The molecular weight excluding hydrogens is 456 g/mol. The minimum atomic E-state index is -1.00. The largest absolute Gasteiger partial charge is 0.493 e. The van der Waals surface area contributed by atoms with Gasteiger partial charge in [0, 0.05) is 10.9 Å². The van der Waals surface area contributed by atoms with E-state index in [0.29, 0.717) is 50.5 Å². The zero-order chi connectivity index (χ0) is 24.9. The van der Waals surface area contributed by atoms with E-state index in [2.05, 4.69) is 10.5 Å². The van der Waals surface area contributed by atoms with Crippen LogP contribution in [0.3, 0.4) is 0 Å². The van der Waals surface area contributed by atoms with Gasteiger partial charge in [-0.05, 0) is 42.0 Å². The lowest BCUT2D eigenvalue weighted by Crippen LogP contribution is -2.18. The van der Waals surface area contributed by atoms with Gasteiger partial charge in [-0.3, -0.25) is 4.79 Å². The van der Waals surface area contributed by atoms with Gasteiger partial charge in [0.1, 0.15) is 0 Å². The quantitative estimate of drug-likeness (QED) is 0.300. The molecule has 0 unspecified atom stereocenters. The summed E-state index contributed by atoms with van der Waals surface area (Å²) < 4.78 is 42.8. The molecule has 0 spiro atoms. The molecule has 0 radical (unpaired) electrons. The maximum Gasteiger partial charge on any atom is 0.272 e. The fraction of sp³-hybridized carbons (Fsp3) is 0.115. The summed E-state index contributed by atoms with van der Waals surface area (Å²) in [4.78, 5) is 17.7. The Morgan fingerprint density at radius 3 is 2.29 bits per heavy atom. The van der Waals surface area contributed by atoms with Crippen LogP contribution in [0.4, 0.5) is 8.78 Å². The zero-order valence-corrected chi connectivity index (χ0v) is 19.1. The van der Waals surface area contributed by atoms with E-state index in [0.717, 1.165) is 12.1 Å². The third kappa shape index (κ3) is 4.89. The molecule has 1 heterocycles. The summed E-state index contributed by atoms with van der Waals surface area (Å²) in [6.07, 6.45) is 1.23. The van der Waals surface area contributed by atoms with Gasteiger partial charge in [-0.1, -0.05) is 24.3 Å². The fourth-order valence-electron chi connectivity index (χ4n) is 3.56. The van der Waals surface area contributed by atoms with Gasteiger partial charge in [0.2, 0.25) is 5.75 Å². The van der Waals surface area contributed by atoms with Gasteiger partial charge >= 0.3 is 0 Å². The normalized spacial score (nSPS) is 11.0. The fourth-order valence-corrected chi connectivity index (χ4v) is 3.56. The second-order valence-electron chi connectivity index (χ2n) is 7.36. The number of aromatic nitrogens is 1. The molecule has 35 heavy (non-hydrogen) atoms. The van der Waals surface area contributed by atoms with Crippen LogP contribution < -0.4 is 19.6 Å². The van der Waals surface area contributed by atoms with Crippen LogP contribution in [0.1, 0.15) is 15.9 Å². The summed E-state index contributed by atoms with van der Waals surface area (Å²) in [5.41, 5.74) is 4.78. The van der Waals surface area contributed by atoms with Crippen LogP contribution in [0.5, 0.6) is 17.2 Å². The van der Waals surface area contributed by atoms with Crippen LogP contribution in [-0.2, 0) is 0 Å². The summed E-state index contributed by atoms with van der Waals surface area (Å²) in [5, 5.41) is 4.50. The topological polar surface area (TPSA) is 82.0 Å². The van der Waals surface area contributed by atoms with Crippen molar-refractivity contribution in [2.45, 2.75) is 0 Å². The van der Waals surface area contributed by atoms with E-state index < -0.39 is 17.5 Å². The lowest BCUT2D eigenvalue weighted by molar-refractivity contribution is 0.0956. The Morgan fingerprint density at radius 1 is 0.914 bits per heavy atom. The van der Waals surface area contributed by atoms with Crippen LogP contribution >= 0.6 is 0 Å². The SMILES string of the molecule is COc1cc(-c2cc(C(=O)N/N=C/c3ccc(F)c(F)c3)c3ccccc3n2)cc(OC)c1OC. The van der Waals surface area contributed by atoms with Crippen molar-refractivity contribution >= 4 is 23.0 Å². The molecule has 0 saturated carbocycles. The smallest absolute Gasteiger partial charge is 0.272 e. The molecule has 0 fully saturated rings. The van der Waals surface area contributed by atoms with Crippen molar-refractivity contribution in [1.82, 2.24) is 10.4 Å². The maximum absolute atomic E-state index is 13.4. The highest BCUT2D eigenvalue weighted by Gasteiger charge is 2.18. The number of ether oxygens (including phenoxy) is 3. The second-order valence-corrected chi connectivity index (χ2v) is 7.36. The number of benzene rings is 3. The van der Waals surface area contributed by atoms with Crippen molar-refractivity contribution in [2.75, 3.05) is 21.3 Å². The number of nitrogens with zero attached hydrogens (tertiary/aromatic N) is 2. The molecule has 9 heteroatoms. The molecule has 0 aliphatic rings. The molecule has 0 bridgehead atoms. The first-order chi connectivity index (χ1) is 16.9. The van der Waals surface area contributed by atoms with Crippen molar-refractivity contribution < 1.29 is 27.8 Å². The molecule has 178 valence electrons. The van der Waals surface area contributed by atoms with Crippen molar-refractivity contribution in [3.8, 4) is 28.5 Å². The highest BCUT2D eigenvalue weighted by atomic mass is 19.2. The van der Waals surface area contributed by atoms with Gasteiger partial charge in [0.15, 0.2) is 23.1 Å². The molecule has 7 nitrogen and oxygen atoms in total. The van der Waals surface area contributed by atoms with Gasteiger partial charge < -0.3 is 14.2 Å². The van der Waals surface area contributed by atoms with Crippen LogP contribution in [0.2, 0.25) is 0 Å². The number of hydrogen-bond donors (Lipinski definition) is 1. The minimum Gasteiger partial charge on any atom is -0.493 e. The molecule has 4 aromatic rings. The number of carbonyl (C=O) groups excluding carboxylic acids is 1. The molecule has 0 atom stereocenters. The van der Waals surface area contributed by atoms with E-state index in [1.807, 2.05) is 6.07 Å². The number of pyridine rings is 1. The number of amides is 1. The van der Waals surface area contributed by atoms with Crippen molar-refractivity contribution in [3.05, 3.63) is 83.4 Å². The number of hydrogen-bond acceptors (Lipinski definition) is 6. The molecule has 4 rings (SSSR count). The summed E-state index contributed by atoms with van der Waals surface area (Å²) in [5.74, 6) is -1.15. The standard InChI is InChI=1S/C26H21F2N3O4/c1-33-23-11-16(12-24(34-2)25(23)35-3)22-13-18(17-6-4-5-7-21(17)30-22)26(32)31-29-14-15-8-9-19(27)20(28)10-15/h4-14H,1-3H3,(H,31,32)/b29-14+. The average molecular weight is 477 g/mol. The van der Waals surface area contributed by atoms with Crippen LogP contribution in [0, 0.1) is 11.6 Å². The van der Waals surface area contributed by atoms with E-state index in [-0.39, 0.29) is 0 Å². The number of rotatable bonds is 7. The van der Waals surface area contributed by atoms with Crippen LogP contribution in [-0.4, -0.2) is 38.4 Å². The number of halogens is 2. The number of hydrazone groups is 1. The summed E-state index contributed by atoms with van der Waals surface area (Å²) in [7, 11) is 4.54. The van der Waals surface area contributed by atoms with Crippen molar-refractivity contribution in [1.29, 1.82) is 0 Å². The van der Waals surface area contributed by atoms with Gasteiger partial charge in [-0.25, -0.2) is 19.2 Å². The number of fused-ring (bicyclic) bond motifs is 1. The van der Waals surface area contributed by atoms with E-state index in [1.165, 1.54) is 33.6 Å². The number of nitrogens with one attached hydrogen (secondary N) is 1. The maximum atomic E-state index is 13.4. The number of carbonyl (C=O) groups is 1. The van der Waals surface area contributed by atoms with E-state index in [1.54, 1.807) is 36.4 Å². The summed E-state index contributed by atoms with van der Waals surface area (Å²) >= 11 is 0. The zero-order valence-electron chi connectivity index (χ0n) is 19.1. The lowest BCUT2D eigenvalue weighted by atomic mass is 10.0. The predicted octanol–water partition coefficient (Wildman–Crippen LogP) is 4.97. The highest BCUT2D eigenvalue weighted by molar-refractivity contribution is 6.07. The molecule has 0 aliphatic carbocycles. The van der Waals surface area contributed by atoms with Gasteiger partial charge in [0.25, 0.3) is 5.91 Å². The number of methoxy groups -OCH3 is 3. The Kier molecular flexibility index (Phi) is 6.86. The molecule has 0 saturated heterocycles. The Bertz CT molecular complexity index is 1410. The molecule has 0 aliphatic heterocycles. The van der Waals surface area contributed by atoms with Gasteiger partial charge in [0.05, 0.1) is 44.3 Å². The lowest BCUT2D eigenvalue weighted by Gasteiger charge is -2.15. The van der Waals surface area contributed by atoms with E-state index in [4.69, 9.17) is 19.2 Å². The average Bonchev–Trinajstić information content (AvgIpc) is 2.88. The Morgan fingerprint density at radius 2 is 1.63 bits per heavy atom. The van der Waals surface area contributed by atoms with E-state index in [9.17, 15) is 13.6 Å². The molecular formula is C26H21F2N3O4. The summed E-state index contributed by atoms with van der Waals surface area (Å²) in [6.45, 7) is 0. The van der Waals surface area contributed by atoms with Gasteiger partial charge in [-0.15, -0.1) is 0 Å². The predicted molar refractivity (Wildman–Crippen MR) is 128 cm³/mol. The third-order valence-corrected chi connectivity index (χ3v) is 5.24. The first kappa shape index (κ1) is 23.6. The third-order valence-electron chi connectivity index (χ3n) is 5.24. The van der Waals surface area contributed by atoms with Crippen molar-refractivity contribution in [3.63, 3.8) is 0 Å².